The highest BCUT2D eigenvalue weighted by molar-refractivity contribution is 5.89. The van der Waals surface area contributed by atoms with Crippen LogP contribution in [-0.4, -0.2) is 44.1 Å². The van der Waals surface area contributed by atoms with E-state index < -0.39 is 0 Å². The van der Waals surface area contributed by atoms with Gasteiger partial charge in [-0.1, -0.05) is 13.8 Å². The standard InChI is InChI=1S/C18H30N6O/c1-13(2)21-11-17(25)22-10-14-4-3-9-24(12-14)16-7-5-15(6-8-16)23-18(19)20/h5-8,13-14,21H,3-4,9-12H2,1-2H3,(H,22,25)(H4,19,20,23). The Morgan fingerprint density at radius 3 is 2.72 bits per heavy atom. The molecule has 1 aromatic carbocycles. The van der Waals surface area contributed by atoms with Gasteiger partial charge in [-0.2, -0.15) is 0 Å². The lowest BCUT2D eigenvalue weighted by Gasteiger charge is -2.34. The van der Waals surface area contributed by atoms with Gasteiger partial charge in [0, 0.05) is 37.1 Å². The lowest BCUT2D eigenvalue weighted by atomic mass is 9.97. The predicted molar refractivity (Wildman–Crippen MR) is 103 cm³/mol. The average molecular weight is 346 g/mol. The number of carbonyl (C=O) groups excluding carboxylic acids is 1. The van der Waals surface area contributed by atoms with Gasteiger partial charge in [0.25, 0.3) is 0 Å². The summed E-state index contributed by atoms with van der Waals surface area (Å²) < 4.78 is 0. The molecule has 1 heterocycles. The van der Waals surface area contributed by atoms with Gasteiger partial charge in [0.15, 0.2) is 5.96 Å². The largest absolute Gasteiger partial charge is 0.371 e. The quantitative estimate of drug-likeness (QED) is 0.378. The number of hydrogen-bond donors (Lipinski definition) is 5. The predicted octanol–water partition coefficient (Wildman–Crippen LogP) is 1.32. The van der Waals surface area contributed by atoms with Crippen LogP contribution >= 0.6 is 0 Å². The molecule has 0 spiro atoms. The first-order valence-corrected chi connectivity index (χ1v) is 8.90. The molecule has 0 saturated carbocycles. The second kappa shape index (κ2) is 9.27. The number of amides is 1. The minimum atomic E-state index is -0.0616. The number of guanidine groups is 1. The van der Waals surface area contributed by atoms with Crippen LogP contribution in [0.2, 0.25) is 0 Å². The van der Waals surface area contributed by atoms with E-state index in [9.17, 15) is 4.79 Å². The monoisotopic (exact) mass is 346 g/mol. The van der Waals surface area contributed by atoms with Crippen LogP contribution in [0.5, 0.6) is 0 Å². The van der Waals surface area contributed by atoms with Gasteiger partial charge in [-0.3, -0.25) is 10.2 Å². The van der Waals surface area contributed by atoms with Crippen molar-refractivity contribution < 1.29 is 4.79 Å². The first-order valence-electron chi connectivity index (χ1n) is 8.90. The van der Waals surface area contributed by atoms with E-state index in [-0.39, 0.29) is 11.9 Å². The van der Waals surface area contributed by atoms with E-state index in [0.29, 0.717) is 18.5 Å². The smallest absolute Gasteiger partial charge is 0.233 e. The molecule has 1 amide bonds. The summed E-state index contributed by atoms with van der Waals surface area (Å²) in [6.07, 6.45) is 2.26. The fourth-order valence-corrected chi connectivity index (χ4v) is 2.99. The Labute approximate surface area is 149 Å². The Hall–Kier alpha value is -2.28. The number of nitrogens with two attached hydrogens (primary N) is 1. The fraction of sp³-hybridized carbons (Fsp3) is 0.556. The molecular weight excluding hydrogens is 316 g/mol. The summed E-state index contributed by atoms with van der Waals surface area (Å²) in [5.74, 6) is 0.464. The third-order valence-electron chi connectivity index (χ3n) is 4.29. The van der Waals surface area contributed by atoms with Crippen LogP contribution < -0.4 is 26.6 Å². The average Bonchev–Trinajstić information content (AvgIpc) is 2.58. The Morgan fingerprint density at radius 1 is 1.36 bits per heavy atom. The molecule has 2 rings (SSSR count). The van der Waals surface area contributed by atoms with E-state index in [1.165, 1.54) is 0 Å². The van der Waals surface area contributed by atoms with Crippen LogP contribution in [0.25, 0.3) is 0 Å². The summed E-state index contributed by atoms with van der Waals surface area (Å²) in [6.45, 7) is 7.13. The number of nitrogens with one attached hydrogen (secondary N) is 4. The number of hydrogen-bond acceptors (Lipinski definition) is 4. The molecule has 25 heavy (non-hydrogen) atoms. The molecule has 1 unspecified atom stereocenters. The maximum Gasteiger partial charge on any atom is 0.233 e. The molecule has 6 N–H and O–H groups in total. The van der Waals surface area contributed by atoms with Crippen LogP contribution in [0.4, 0.5) is 11.4 Å². The van der Waals surface area contributed by atoms with Crippen molar-refractivity contribution in [3.05, 3.63) is 24.3 Å². The van der Waals surface area contributed by atoms with Crippen molar-refractivity contribution in [1.82, 2.24) is 10.6 Å². The molecule has 1 aromatic rings. The van der Waals surface area contributed by atoms with Crippen LogP contribution in [-0.2, 0) is 4.79 Å². The number of benzene rings is 1. The van der Waals surface area contributed by atoms with E-state index in [1.54, 1.807) is 0 Å². The molecule has 0 aliphatic carbocycles. The SMILES string of the molecule is CC(C)NCC(=O)NCC1CCCN(c2ccc(NC(=N)N)cc2)C1. The first kappa shape index (κ1) is 19.1. The minimum absolute atomic E-state index is 0.0606. The van der Waals surface area contributed by atoms with Crippen molar-refractivity contribution in [3.63, 3.8) is 0 Å². The van der Waals surface area contributed by atoms with Gasteiger partial charge in [0.2, 0.25) is 5.91 Å². The third kappa shape index (κ3) is 6.62. The summed E-state index contributed by atoms with van der Waals surface area (Å²) in [5, 5.41) is 16.2. The highest BCUT2D eigenvalue weighted by Gasteiger charge is 2.20. The number of piperidine rings is 1. The molecule has 1 aliphatic heterocycles. The summed E-state index contributed by atoms with van der Waals surface area (Å²) in [4.78, 5) is 14.2. The van der Waals surface area contributed by atoms with Crippen LogP contribution in [0.3, 0.4) is 0 Å². The lowest BCUT2D eigenvalue weighted by Crippen LogP contribution is -2.43. The normalized spacial score (nSPS) is 17.4. The van der Waals surface area contributed by atoms with Crippen LogP contribution in [0, 0.1) is 11.3 Å². The molecule has 0 aromatic heterocycles. The van der Waals surface area contributed by atoms with Gasteiger partial charge in [0.05, 0.1) is 6.54 Å². The Kier molecular flexibility index (Phi) is 7.06. The molecule has 7 heteroatoms. The summed E-state index contributed by atoms with van der Waals surface area (Å²) in [5.41, 5.74) is 7.32. The first-order chi connectivity index (χ1) is 11.9. The highest BCUT2D eigenvalue weighted by atomic mass is 16.1. The van der Waals surface area contributed by atoms with E-state index >= 15 is 0 Å². The van der Waals surface area contributed by atoms with Crippen molar-refractivity contribution in [1.29, 1.82) is 5.41 Å². The zero-order chi connectivity index (χ0) is 18.2. The van der Waals surface area contributed by atoms with Crippen molar-refractivity contribution >= 4 is 23.2 Å². The fourth-order valence-electron chi connectivity index (χ4n) is 2.99. The molecule has 0 radical (unpaired) electrons. The molecule has 0 bridgehead atoms. The van der Waals surface area contributed by atoms with E-state index in [4.69, 9.17) is 11.1 Å². The minimum Gasteiger partial charge on any atom is -0.371 e. The van der Waals surface area contributed by atoms with Gasteiger partial charge < -0.3 is 26.6 Å². The number of anilines is 2. The Bertz CT molecular complexity index is 571. The van der Waals surface area contributed by atoms with Crippen LogP contribution in [0.15, 0.2) is 24.3 Å². The molecule has 7 nitrogen and oxygen atoms in total. The van der Waals surface area contributed by atoms with Gasteiger partial charge in [0.1, 0.15) is 0 Å². The second-order valence-corrected chi connectivity index (χ2v) is 6.88. The van der Waals surface area contributed by atoms with Crippen molar-refractivity contribution in [3.8, 4) is 0 Å². The molecule has 1 fully saturated rings. The lowest BCUT2D eigenvalue weighted by molar-refractivity contribution is -0.120. The Morgan fingerprint density at radius 2 is 2.08 bits per heavy atom. The molecule has 1 saturated heterocycles. The van der Waals surface area contributed by atoms with Gasteiger partial charge in [-0.15, -0.1) is 0 Å². The van der Waals surface area contributed by atoms with Crippen molar-refractivity contribution in [2.45, 2.75) is 32.7 Å². The van der Waals surface area contributed by atoms with E-state index in [0.717, 1.165) is 43.9 Å². The number of nitrogens with zero attached hydrogens (tertiary/aromatic N) is 1. The summed E-state index contributed by atoms with van der Waals surface area (Å²) in [7, 11) is 0. The highest BCUT2D eigenvalue weighted by Crippen LogP contribution is 2.24. The maximum absolute atomic E-state index is 11.8. The summed E-state index contributed by atoms with van der Waals surface area (Å²) >= 11 is 0. The summed E-state index contributed by atoms with van der Waals surface area (Å²) in [6, 6.07) is 8.26. The molecular formula is C18H30N6O. The third-order valence-corrected chi connectivity index (χ3v) is 4.29. The maximum atomic E-state index is 11.8. The zero-order valence-electron chi connectivity index (χ0n) is 15.1. The van der Waals surface area contributed by atoms with Gasteiger partial charge >= 0.3 is 0 Å². The number of carbonyl (C=O) groups is 1. The molecule has 138 valence electrons. The van der Waals surface area contributed by atoms with Gasteiger partial charge in [-0.05, 0) is 43.0 Å². The van der Waals surface area contributed by atoms with E-state index in [1.807, 2.05) is 38.1 Å². The van der Waals surface area contributed by atoms with E-state index in [2.05, 4.69) is 20.9 Å². The topological polar surface area (TPSA) is 106 Å². The molecule has 1 aliphatic rings. The van der Waals surface area contributed by atoms with Crippen LogP contribution in [0.1, 0.15) is 26.7 Å². The van der Waals surface area contributed by atoms with Gasteiger partial charge in [-0.25, -0.2) is 0 Å². The Balaban J connectivity index is 1.81. The molecule has 1 atom stereocenters. The second-order valence-electron chi connectivity index (χ2n) is 6.88. The zero-order valence-corrected chi connectivity index (χ0v) is 15.1. The van der Waals surface area contributed by atoms with Crippen molar-refractivity contribution in [2.75, 3.05) is 36.4 Å². The number of rotatable bonds is 7. The van der Waals surface area contributed by atoms with Crippen molar-refractivity contribution in [2.24, 2.45) is 11.7 Å².